The van der Waals surface area contributed by atoms with Gasteiger partial charge >= 0.3 is 0 Å². The van der Waals surface area contributed by atoms with Crippen LogP contribution in [0.3, 0.4) is 0 Å². The van der Waals surface area contributed by atoms with Crippen LogP contribution in [-0.2, 0) is 0 Å². The van der Waals surface area contributed by atoms with Crippen LogP contribution in [0.1, 0.15) is 7.43 Å². The Bertz CT molecular complexity index is 17.7. The Hall–Kier alpha value is 0.790. The molecule has 0 fully saturated rings. The predicted molar refractivity (Wildman–Crippen MR) is 36.7 cm³/mol. The van der Waals surface area contributed by atoms with Gasteiger partial charge in [-0.3, -0.25) is 0 Å². The number of alkyl halides is 3. The minimum atomic E-state index is -0.750. The van der Waals surface area contributed by atoms with Crippen molar-refractivity contribution >= 4 is 34.8 Å². The molecular formula is C2H10Cl3NO. The van der Waals surface area contributed by atoms with Crippen molar-refractivity contribution in [3.05, 3.63) is 0 Å². The Morgan fingerprint density at radius 2 is 1.00 bits per heavy atom. The van der Waals surface area contributed by atoms with E-state index in [0.717, 1.165) is 0 Å². The van der Waals surface area contributed by atoms with Gasteiger partial charge in [-0.1, -0.05) is 42.2 Å². The van der Waals surface area contributed by atoms with Gasteiger partial charge in [0.1, 0.15) is 0 Å². The molecule has 50 valence electrons. The molecule has 0 radical (unpaired) electrons. The van der Waals surface area contributed by atoms with Gasteiger partial charge < -0.3 is 11.6 Å². The average molecular weight is 170 g/mol. The molecule has 0 aliphatic carbocycles. The van der Waals surface area contributed by atoms with Crippen LogP contribution in [0.4, 0.5) is 0 Å². The number of hydrogen-bond acceptors (Lipinski definition) is 1. The van der Waals surface area contributed by atoms with E-state index < -0.39 is 4.30 Å². The maximum Gasteiger partial charge on any atom is 0.180 e. The Kier molecular flexibility index (Phi) is 56.6. The average Bonchev–Trinajstić information content (AvgIpc) is 0.811. The number of hydrogen-bond donors (Lipinski definition) is 1. The van der Waals surface area contributed by atoms with Gasteiger partial charge in [0.25, 0.3) is 0 Å². The molecule has 0 heterocycles. The van der Waals surface area contributed by atoms with Crippen molar-refractivity contribution in [2.45, 2.75) is 11.7 Å². The SMILES string of the molecule is C.ClC(Cl)Cl.N.O. The molecule has 0 saturated carbocycles. The van der Waals surface area contributed by atoms with Gasteiger partial charge in [-0.25, -0.2) is 0 Å². The van der Waals surface area contributed by atoms with Crippen LogP contribution in [0.5, 0.6) is 0 Å². The van der Waals surface area contributed by atoms with E-state index in [4.69, 9.17) is 34.8 Å². The standard InChI is InChI=1S/CHCl3.CH4.H3N.H2O/c2-1(3)4;;;/h1H;1H4;1H3;1H2. The molecule has 0 aliphatic rings. The van der Waals surface area contributed by atoms with Gasteiger partial charge in [-0.2, -0.15) is 0 Å². The highest BCUT2D eigenvalue weighted by Gasteiger charge is 1.78. The fourth-order valence-electron chi connectivity index (χ4n) is 0. The summed E-state index contributed by atoms with van der Waals surface area (Å²) in [5.74, 6) is 0. The topological polar surface area (TPSA) is 66.5 Å². The Balaban J connectivity index is -0.0000000150. The lowest BCUT2D eigenvalue weighted by Gasteiger charge is -1.69. The molecule has 0 atom stereocenters. The lowest BCUT2D eigenvalue weighted by atomic mass is 11.9. The van der Waals surface area contributed by atoms with Crippen molar-refractivity contribution in [2.75, 3.05) is 0 Å². The molecule has 0 unspecified atom stereocenters. The number of rotatable bonds is 0. The van der Waals surface area contributed by atoms with Gasteiger partial charge in [-0.15, -0.1) is 0 Å². The molecular weight excluding hydrogens is 160 g/mol. The molecule has 5 N–H and O–H groups in total. The molecule has 0 aliphatic heterocycles. The Morgan fingerprint density at radius 3 is 1.00 bits per heavy atom. The van der Waals surface area contributed by atoms with Gasteiger partial charge in [0.2, 0.25) is 0 Å². The zero-order chi connectivity index (χ0) is 3.58. The van der Waals surface area contributed by atoms with E-state index in [1.807, 2.05) is 0 Å². The maximum atomic E-state index is 4.81. The van der Waals surface area contributed by atoms with Crippen molar-refractivity contribution < 1.29 is 5.48 Å². The summed E-state index contributed by atoms with van der Waals surface area (Å²) in [6.07, 6.45) is 0. The fourth-order valence-corrected chi connectivity index (χ4v) is 0. The van der Waals surface area contributed by atoms with Gasteiger partial charge in [0, 0.05) is 0 Å². The first-order valence-corrected chi connectivity index (χ1v) is 1.96. The summed E-state index contributed by atoms with van der Waals surface area (Å²) < 4.78 is -0.750. The Morgan fingerprint density at radius 1 is 1.00 bits per heavy atom. The van der Waals surface area contributed by atoms with Crippen molar-refractivity contribution in [2.24, 2.45) is 0 Å². The van der Waals surface area contributed by atoms with Gasteiger partial charge in [0.15, 0.2) is 4.30 Å². The van der Waals surface area contributed by atoms with Gasteiger partial charge in [-0.05, 0) is 0 Å². The Labute approximate surface area is 58.6 Å². The zero-order valence-electron chi connectivity index (χ0n) is 2.92. The third kappa shape index (κ3) is 250. The maximum absolute atomic E-state index is 4.81. The molecule has 5 heteroatoms. The van der Waals surface area contributed by atoms with Crippen LogP contribution in [0.15, 0.2) is 0 Å². The molecule has 0 aromatic carbocycles. The van der Waals surface area contributed by atoms with Crippen LogP contribution in [-0.4, -0.2) is 9.77 Å². The zero-order valence-corrected chi connectivity index (χ0v) is 5.19. The largest absolute Gasteiger partial charge is 0.412 e. The van der Waals surface area contributed by atoms with Crippen LogP contribution in [0.25, 0.3) is 0 Å². The lowest BCUT2D eigenvalue weighted by molar-refractivity contribution is 0.824. The van der Waals surface area contributed by atoms with Crippen molar-refractivity contribution in [3.8, 4) is 0 Å². The fraction of sp³-hybridized carbons (Fsp3) is 1.00. The molecule has 0 spiro atoms. The molecule has 2 nitrogen and oxygen atoms in total. The highest BCUT2D eigenvalue weighted by atomic mass is 35.6. The van der Waals surface area contributed by atoms with E-state index in [0.29, 0.717) is 0 Å². The summed E-state index contributed by atoms with van der Waals surface area (Å²) in [4.78, 5) is 0. The second-order valence-corrected chi connectivity index (χ2v) is 2.23. The monoisotopic (exact) mass is 169 g/mol. The van der Waals surface area contributed by atoms with Crippen molar-refractivity contribution in [3.63, 3.8) is 0 Å². The number of halogens is 3. The predicted octanol–water partition coefficient (Wildman–Crippen LogP) is 1.96. The summed E-state index contributed by atoms with van der Waals surface area (Å²) >= 11 is 14.4. The first kappa shape index (κ1) is 25.0. The first-order chi connectivity index (χ1) is 1.73. The summed E-state index contributed by atoms with van der Waals surface area (Å²) in [6.45, 7) is 0. The summed E-state index contributed by atoms with van der Waals surface area (Å²) in [6, 6.07) is 0. The molecule has 0 rings (SSSR count). The summed E-state index contributed by atoms with van der Waals surface area (Å²) in [7, 11) is 0. The van der Waals surface area contributed by atoms with E-state index in [1.54, 1.807) is 0 Å². The van der Waals surface area contributed by atoms with E-state index in [1.165, 1.54) is 0 Å². The first-order valence-electron chi connectivity index (χ1n) is 0.655. The normalized spacial score (nSPS) is 5.14. The van der Waals surface area contributed by atoms with Crippen molar-refractivity contribution in [1.29, 1.82) is 0 Å². The molecule has 0 bridgehead atoms. The quantitative estimate of drug-likeness (QED) is 0.555. The molecule has 0 amide bonds. The third-order valence-corrected chi connectivity index (χ3v) is 0. The minimum Gasteiger partial charge on any atom is -0.412 e. The van der Waals surface area contributed by atoms with E-state index in [2.05, 4.69) is 0 Å². The van der Waals surface area contributed by atoms with Crippen LogP contribution >= 0.6 is 34.8 Å². The van der Waals surface area contributed by atoms with Gasteiger partial charge in [0.05, 0.1) is 0 Å². The molecule has 0 aromatic heterocycles. The highest BCUT2D eigenvalue weighted by Crippen LogP contribution is 2.03. The summed E-state index contributed by atoms with van der Waals surface area (Å²) in [5.41, 5.74) is 0. The second-order valence-electron chi connectivity index (χ2n) is 0.247. The van der Waals surface area contributed by atoms with E-state index in [-0.39, 0.29) is 19.1 Å². The van der Waals surface area contributed by atoms with Crippen LogP contribution in [0, 0.1) is 0 Å². The molecule has 0 aromatic rings. The molecule has 7 heavy (non-hydrogen) atoms. The summed E-state index contributed by atoms with van der Waals surface area (Å²) in [5, 5.41) is 0. The molecule has 0 saturated heterocycles. The van der Waals surface area contributed by atoms with Crippen LogP contribution < -0.4 is 6.15 Å². The lowest BCUT2D eigenvalue weighted by Crippen LogP contribution is -1.55. The third-order valence-electron chi connectivity index (χ3n) is 0. The van der Waals surface area contributed by atoms with Crippen molar-refractivity contribution in [1.82, 2.24) is 6.15 Å². The highest BCUT2D eigenvalue weighted by molar-refractivity contribution is 6.63. The second kappa shape index (κ2) is 15.8. The van der Waals surface area contributed by atoms with Crippen LogP contribution in [0.2, 0.25) is 0 Å². The smallest absolute Gasteiger partial charge is 0.180 e. The van der Waals surface area contributed by atoms with E-state index >= 15 is 0 Å². The van der Waals surface area contributed by atoms with E-state index in [9.17, 15) is 0 Å². The minimum absolute atomic E-state index is 0.